The van der Waals surface area contributed by atoms with E-state index in [2.05, 4.69) is 19.2 Å². The molecule has 9 nitrogen and oxygen atoms in total. The number of Topliss-reactive ketones (excluding diaryl/α,β-unsaturated/α-hetero) is 2. The molecule has 0 heterocycles. The van der Waals surface area contributed by atoms with Crippen LogP contribution in [0.2, 0.25) is 0 Å². The number of carbonyl (C=O) groups is 5. The summed E-state index contributed by atoms with van der Waals surface area (Å²) in [5.74, 6) is 0.551. The Hall–Kier alpha value is -2.45. The second kappa shape index (κ2) is 13.3. The van der Waals surface area contributed by atoms with E-state index in [9.17, 15) is 24.0 Å². The maximum atomic E-state index is 13.6. The van der Waals surface area contributed by atoms with Gasteiger partial charge in [-0.2, -0.15) is 0 Å². The molecule has 4 saturated carbocycles. The molecule has 0 aromatic heterocycles. The van der Waals surface area contributed by atoms with Crippen molar-refractivity contribution in [3.8, 4) is 0 Å². The van der Waals surface area contributed by atoms with Gasteiger partial charge < -0.3 is 20.5 Å². The lowest BCUT2D eigenvalue weighted by molar-refractivity contribution is -0.169. The van der Waals surface area contributed by atoms with Gasteiger partial charge in [-0.05, 0) is 126 Å². The number of esters is 1. The Labute approximate surface area is 269 Å². The van der Waals surface area contributed by atoms with Crippen LogP contribution in [0, 0.1) is 52.3 Å². The molecule has 0 unspecified atom stereocenters. The van der Waals surface area contributed by atoms with Crippen LogP contribution in [0.1, 0.15) is 126 Å². The summed E-state index contributed by atoms with van der Waals surface area (Å²) in [7, 11) is 0. The van der Waals surface area contributed by atoms with Gasteiger partial charge in [0.2, 0.25) is 5.91 Å². The number of amides is 2. The highest BCUT2D eigenvalue weighted by Crippen LogP contribution is 2.67. The maximum absolute atomic E-state index is 13.6. The van der Waals surface area contributed by atoms with Crippen molar-refractivity contribution in [3.05, 3.63) is 0 Å². The molecule has 2 amide bonds. The van der Waals surface area contributed by atoms with Crippen molar-refractivity contribution in [3.63, 3.8) is 0 Å². The minimum absolute atomic E-state index is 0.144. The third-order valence-electron chi connectivity index (χ3n) is 12.4. The topological polar surface area (TPSA) is 142 Å². The van der Waals surface area contributed by atoms with E-state index in [-0.39, 0.29) is 41.6 Å². The Morgan fingerprint density at radius 2 is 1.53 bits per heavy atom. The molecule has 0 aromatic carbocycles. The lowest BCUT2D eigenvalue weighted by Gasteiger charge is -2.61. The van der Waals surface area contributed by atoms with Crippen molar-refractivity contribution >= 4 is 29.5 Å². The van der Waals surface area contributed by atoms with Crippen LogP contribution < -0.4 is 11.1 Å². The van der Waals surface area contributed by atoms with Crippen LogP contribution in [0.15, 0.2) is 0 Å². The second-order valence-electron chi connectivity index (χ2n) is 16.7. The first-order chi connectivity index (χ1) is 20.9. The highest BCUT2D eigenvalue weighted by Gasteiger charge is 2.61. The molecule has 4 rings (SSSR count). The van der Waals surface area contributed by atoms with Gasteiger partial charge in [-0.15, -0.1) is 0 Å². The highest BCUT2D eigenvalue weighted by atomic mass is 16.6. The van der Waals surface area contributed by atoms with Crippen LogP contribution >= 0.6 is 0 Å². The first-order valence-corrected chi connectivity index (χ1v) is 17.4. The monoisotopic (exact) mass is 630 g/mol. The number of primary amides is 1. The molecule has 254 valence electrons. The number of fused-ring (bicyclic) bond motifs is 5. The zero-order valence-electron chi connectivity index (χ0n) is 28.9. The Morgan fingerprint density at radius 3 is 2.13 bits per heavy atom. The standard InChI is InChI=1S/C36H58N2O7/c1-20(2)25(18-30(40)29(19-31(37)41)38-33(43)45-34(4,5)6)32(42)44-23-13-15-35(7)22(17-23)9-10-24-27-12-11-26(21(3)39)36(27,8)16-14-28(24)35/h20,22-29H,9-19H2,1-8H3,(H2,37,41)(H,38,43)/t22-,23+,24-,25-,26+,27-,28-,29-,35-,36+/m0/s1. The minimum atomic E-state index is -1.18. The summed E-state index contributed by atoms with van der Waals surface area (Å²) in [5, 5.41) is 2.47. The Bertz CT molecular complexity index is 1160. The highest BCUT2D eigenvalue weighted by molar-refractivity contribution is 5.94. The molecule has 10 atom stereocenters. The largest absolute Gasteiger partial charge is 0.462 e. The number of alkyl carbamates (subject to hydrolysis) is 1. The van der Waals surface area contributed by atoms with E-state index in [4.69, 9.17) is 15.2 Å². The number of ketones is 2. The number of hydrogen-bond donors (Lipinski definition) is 2. The SMILES string of the molecule is CC(=O)[C@H]1CC[C@H]2[C@@H]3CC[C@H]4C[C@H](OC(=O)[C@@H](CC(=O)[C@H](CC(N)=O)NC(=O)OC(C)(C)C)C(C)C)CC[C@]4(C)[C@H]3CC[C@]12C. The van der Waals surface area contributed by atoms with Gasteiger partial charge in [-0.25, -0.2) is 4.79 Å². The van der Waals surface area contributed by atoms with Gasteiger partial charge in [-0.1, -0.05) is 27.7 Å². The third-order valence-corrected chi connectivity index (χ3v) is 12.4. The van der Waals surface area contributed by atoms with Crippen molar-refractivity contribution in [1.82, 2.24) is 5.32 Å². The summed E-state index contributed by atoms with van der Waals surface area (Å²) in [4.78, 5) is 63.4. The van der Waals surface area contributed by atoms with Crippen LogP contribution in [0.4, 0.5) is 4.79 Å². The van der Waals surface area contributed by atoms with Gasteiger partial charge in [0.25, 0.3) is 0 Å². The van der Waals surface area contributed by atoms with E-state index in [1.165, 1.54) is 19.3 Å². The minimum Gasteiger partial charge on any atom is -0.462 e. The number of carbonyl (C=O) groups excluding carboxylic acids is 5. The molecule has 0 saturated heterocycles. The molecule has 0 bridgehead atoms. The maximum Gasteiger partial charge on any atom is 0.408 e. The molecule has 9 heteroatoms. The molecular weight excluding hydrogens is 572 g/mol. The molecule has 0 radical (unpaired) electrons. The van der Waals surface area contributed by atoms with Crippen LogP contribution in [-0.4, -0.2) is 47.3 Å². The Morgan fingerprint density at radius 1 is 0.889 bits per heavy atom. The van der Waals surface area contributed by atoms with Crippen LogP contribution in [0.5, 0.6) is 0 Å². The van der Waals surface area contributed by atoms with E-state index in [1.807, 2.05) is 13.8 Å². The van der Waals surface area contributed by atoms with Crippen LogP contribution in [-0.2, 0) is 28.7 Å². The van der Waals surface area contributed by atoms with E-state index < -0.39 is 41.3 Å². The van der Waals surface area contributed by atoms with Crippen molar-refractivity contribution in [2.45, 2.75) is 144 Å². The fraction of sp³-hybridized carbons (Fsp3) is 0.861. The summed E-state index contributed by atoms with van der Waals surface area (Å²) < 4.78 is 11.4. The van der Waals surface area contributed by atoms with Gasteiger partial charge in [0, 0.05) is 12.3 Å². The van der Waals surface area contributed by atoms with Gasteiger partial charge >= 0.3 is 12.1 Å². The summed E-state index contributed by atoms with van der Waals surface area (Å²) >= 11 is 0. The molecular formula is C36H58N2O7. The molecule has 45 heavy (non-hydrogen) atoms. The van der Waals surface area contributed by atoms with Gasteiger partial charge in [0.05, 0.1) is 18.4 Å². The second-order valence-corrected chi connectivity index (χ2v) is 16.7. The van der Waals surface area contributed by atoms with E-state index in [0.29, 0.717) is 29.5 Å². The van der Waals surface area contributed by atoms with E-state index in [1.54, 1.807) is 27.7 Å². The normalized spacial score (nSPS) is 35.7. The summed E-state index contributed by atoms with van der Waals surface area (Å²) in [6.45, 7) is 15.5. The summed E-state index contributed by atoms with van der Waals surface area (Å²) in [5.41, 5.74) is 4.95. The number of nitrogens with two attached hydrogens (primary N) is 1. The quantitative estimate of drug-likeness (QED) is 0.276. The first-order valence-electron chi connectivity index (χ1n) is 17.4. The Balaban J connectivity index is 1.38. The molecule has 4 aliphatic rings. The van der Waals surface area contributed by atoms with Crippen molar-refractivity contribution < 1.29 is 33.4 Å². The fourth-order valence-electron chi connectivity index (χ4n) is 10.1. The molecule has 4 aliphatic carbocycles. The first kappa shape index (κ1) is 35.4. The number of nitrogens with one attached hydrogen (secondary N) is 1. The van der Waals surface area contributed by atoms with E-state index >= 15 is 0 Å². The lowest BCUT2D eigenvalue weighted by Crippen LogP contribution is -2.54. The van der Waals surface area contributed by atoms with Gasteiger partial charge in [0.15, 0.2) is 5.78 Å². The van der Waals surface area contributed by atoms with Crippen molar-refractivity contribution in [2.75, 3.05) is 0 Å². The van der Waals surface area contributed by atoms with Gasteiger partial charge in [0.1, 0.15) is 17.5 Å². The van der Waals surface area contributed by atoms with Crippen LogP contribution in [0.3, 0.4) is 0 Å². The molecule has 0 aliphatic heterocycles. The van der Waals surface area contributed by atoms with Crippen molar-refractivity contribution in [2.24, 2.45) is 58.0 Å². The third kappa shape index (κ3) is 7.59. The van der Waals surface area contributed by atoms with Gasteiger partial charge in [-0.3, -0.25) is 19.2 Å². The zero-order chi connectivity index (χ0) is 33.5. The summed E-state index contributed by atoms with van der Waals surface area (Å²) in [6.07, 6.45) is 7.95. The predicted octanol–water partition coefficient (Wildman–Crippen LogP) is 6.15. The molecule has 0 aromatic rings. The molecule has 4 fully saturated rings. The van der Waals surface area contributed by atoms with E-state index in [0.717, 1.165) is 38.5 Å². The fourth-order valence-corrected chi connectivity index (χ4v) is 10.1. The molecule has 0 spiro atoms. The van der Waals surface area contributed by atoms with Crippen molar-refractivity contribution in [1.29, 1.82) is 0 Å². The number of hydrogen-bond acceptors (Lipinski definition) is 7. The Kier molecular flexibility index (Phi) is 10.5. The lowest BCUT2D eigenvalue weighted by atomic mass is 9.44. The average molecular weight is 631 g/mol. The zero-order valence-corrected chi connectivity index (χ0v) is 28.9. The number of ether oxygens (including phenoxy) is 2. The predicted molar refractivity (Wildman–Crippen MR) is 171 cm³/mol. The number of rotatable bonds is 10. The smallest absolute Gasteiger partial charge is 0.408 e. The average Bonchev–Trinajstić information content (AvgIpc) is 3.27. The summed E-state index contributed by atoms with van der Waals surface area (Å²) in [6, 6.07) is -1.18. The molecule has 3 N–H and O–H groups in total. The van der Waals surface area contributed by atoms with Crippen LogP contribution in [0.25, 0.3) is 0 Å².